The van der Waals surface area contributed by atoms with E-state index in [9.17, 15) is 41.1 Å². The molecule has 1 fully saturated rings. The first kappa shape index (κ1) is 38.3. The molecule has 2 N–H and O–H groups in total. The summed E-state index contributed by atoms with van der Waals surface area (Å²) in [6.07, 6.45) is -1.84. The Bertz CT molecular complexity index is 2710. The van der Waals surface area contributed by atoms with E-state index in [0.29, 0.717) is 28.2 Å². The van der Waals surface area contributed by atoms with Gasteiger partial charge in [-0.05, 0) is 67.1 Å². The average molecular weight is 809 g/mol. The third-order valence-electron chi connectivity index (χ3n) is 9.42. The van der Waals surface area contributed by atoms with Crippen molar-refractivity contribution in [3.8, 4) is 17.1 Å². The molecule has 0 bridgehead atoms. The van der Waals surface area contributed by atoms with E-state index < -0.39 is 45.5 Å². The van der Waals surface area contributed by atoms with E-state index in [1.807, 2.05) is 0 Å². The second kappa shape index (κ2) is 14.6. The molecule has 0 atom stereocenters. The summed E-state index contributed by atoms with van der Waals surface area (Å²) >= 11 is 6.13. The highest BCUT2D eigenvalue weighted by Gasteiger charge is 2.32. The van der Waals surface area contributed by atoms with Crippen LogP contribution in [0.15, 0.2) is 82.6 Å². The quantitative estimate of drug-likeness (QED) is 0.212. The molecule has 0 aliphatic carbocycles. The minimum Gasteiger partial charge on any atom is -0.507 e. The predicted molar refractivity (Wildman–Crippen MR) is 202 cm³/mol. The van der Waals surface area contributed by atoms with Crippen molar-refractivity contribution < 1.29 is 36.3 Å². The summed E-state index contributed by atoms with van der Waals surface area (Å²) in [5, 5.41) is 18.0. The third kappa shape index (κ3) is 7.24. The third-order valence-corrected chi connectivity index (χ3v) is 10.9. The molecule has 290 valence electrons. The van der Waals surface area contributed by atoms with E-state index in [4.69, 9.17) is 11.6 Å². The molecule has 0 unspecified atom stereocenters. The number of piperazine rings is 1. The van der Waals surface area contributed by atoms with Crippen molar-refractivity contribution in [2.45, 2.75) is 31.0 Å². The van der Waals surface area contributed by atoms with Gasteiger partial charge in [0.2, 0.25) is 11.7 Å². The number of anilines is 2. The summed E-state index contributed by atoms with van der Waals surface area (Å²) in [7, 11) is -3.51. The molecule has 56 heavy (non-hydrogen) atoms. The number of rotatable bonds is 8. The number of nitrogens with one attached hydrogen (secondary N) is 1. The number of alkyl halides is 3. The highest BCUT2D eigenvalue weighted by atomic mass is 35.5. The van der Waals surface area contributed by atoms with Crippen LogP contribution in [0.5, 0.6) is 5.75 Å². The summed E-state index contributed by atoms with van der Waals surface area (Å²) in [5.41, 5.74) is -0.259. The summed E-state index contributed by atoms with van der Waals surface area (Å²) in [6, 6.07) is 14.9. The molecule has 1 aliphatic heterocycles. The topological polar surface area (TPSA) is 172 Å². The van der Waals surface area contributed by atoms with Gasteiger partial charge in [0.05, 0.1) is 32.4 Å². The van der Waals surface area contributed by atoms with Gasteiger partial charge in [-0.2, -0.15) is 22.7 Å². The van der Waals surface area contributed by atoms with Crippen LogP contribution >= 0.6 is 11.6 Å². The lowest BCUT2D eigenvalue weighted by Gasteiger charge is -2.37. The van der Waals surface area contributed by atoms with E-state index in [0.717, 1.165) is 22.9 Å². The maximum atomic E-state index is 14.3. The smallest absolute Gasteiger partial charge is 0.416 e. The van der Waals surface area contributed by atoms with Crippen molar-refractivity contribution in [1.82, 2.24) is 29.0 Å². The molecule has 1 saturated heterocycles. The van der Waals surface area contributed by atoms with Crippen molar-refractivity contribution in [2.24, 2.45) is 0 Å². The van der Waals surface area contributed by atoms with Gasteiger partial charge < -0.3 is 24.8 Å². The van der Waals surface area contributed by atoms with Crippen molar-refractivity contribution in [2.75, 3.05) is 42.7 Å². The second-order valence-electron chi connectivity index (χ2n) is 13.0. The molecule has 3 aromatic heterocycles. The van der Waals surface area contributed by atoms with E-state index >= 15 is 0 Å². The fourth-order valence-corrected chi connectivity index (χ4v) is 7.52. The zero-order valence-corrected chi connectivity index (χ0v) is 31.3. The van der Waals surface area contributed by atoms with Crippen LogP contribution in [0.2, 0.25) is 5.02 Å². The van der Waals surface area contributed by atoms with Gasteiger partial charge in [-0.25, -0.2) is 8.42 Å². The minimum absolute atomic E-state index is 0.0285. The van der Waals surface area contributed by atoms with Crippen molar-refractivity contribution >= 4 is 61.3 Å². The van der Waals surface area contributed by atoms with Gasteiger partial charge in [0.15, 0.2) is 15.7 Å². The molecule has 14 nitrogen and oxygen atoms in total. The molecule has 4 heterocycles. The Morgan fingerprint density at radius 1 is 1.00 bits per heavy atom. The lowest BCUT2D eigenvalue weighted by molar-refractivity contribution is -0.137. The van der Waals surface area contributed by atoms with Crippen LogP contribution in [0.25, 0.3) is 28.1 Å². The number of halogens is 4. The first-order valence-corrected chi connectivity index (χ1v) is 19.4. The lowest BCUT2D eigenvalue weighted by Crippen LogP contribution is -2.51. The molecule has 6 aromatic rings. The molecule has 0 spiro atoms. The molecule has 2 amide bonds. The number of aromatic nitrogens is 5. The summed E-state index contributed by atoms with van der Waals surface area (Å²) in [5.74, 6) is -1.32. The Labute approximate surface area is 321 Å². The number of amides is 2. The largest absolute Gasteiger partial charge is 0.507 e. The monoisotopic (exact) mass is 808 g/mol. The van der Waals surface area contributed by atoms with Gasteiger partial charge in [0, 0.05) is 49.6 Å². The summed E-state index contributed by atoms with van der Waals surface area (Å²) < 4.78 is 66.4. The number of hydrogen-bond acceptors (Lipinski definition) is 10. The van der Waals surface area contributed by atoms with Crippen LogP contribution in [-0.4, -0.2) is 86.8 Å². The minimum atomic E-state index is -4.65. The molecule has 1 aliphatic rings. The van der Waals surface area contributed by atoms with Gasteiger partial charge in [0.25, 0.3) is 11.5 Å². The number of phenolic OH excluding ortho intramolecular Hbond substituents is 1. The lowest BCUT2D eigenvalue weighted by atomic mass is 10.1. The van der Waals surface area contributed by atoms with Gasteiger partial charge in [-0.15, -0.1) is 5.10 Å². The number of sulfone groups is 1. The van der Waals surface area contributed by atoms with E-state index in [1.165, 1.54) is 41.1 Å². The number of carbonyl (C=O) groups excluding carboxylic acids is 2. The maximum absolute atomic E-state index is 14.3. The fourth-order valence-electron chi connectivity index (χ4n) is 6.67. The van der Waals surface area contributed by atoms with Crippen LogP contribution in [0.3, 0.4) is 0 Å². The van der Waals surface area contributed by atoms with Gasteiger partial charge in [-0.1, -0.05) is 24.6 Å². The van der Waals surface area contributed by atoms with Crippen LogP contribution in [0.4, 0.5) is 24.5 Å². The van der Waals surface area contributed by atoms with Gasteiger partial charge in [-0.3, -0.25) is 19.4 Å². The van der Waals surface area contributed by atoms with Gasteiger partial charge >= 0.3 is 6.18 Å². The van der Waals surface area contributed by atoms with Crippen molar-refractivity contribution in [1.29, 1.82) is 0 Å². The van der Waals surface area contributed by atoms with E-state index in [1.54, 1.807) is 34.9 Å². The highest BCUT2D eigenvalue weighted by Crippen LogP contribution is 2.34. The summed E-state index contributed by atoms with van der Waals surface area (Å²) in [6.45, 7) is 1.98. The first-order chi connectivity index (χ1) is 26.5. The Morgan fingerprint density at radius 3 is 2.36 bits per heavy atom. The molecular formula is C37H32ClF3N8O6S. The number of carbonyl (C=O) groups is 2. The average Bonchev–Trinajstić information content (AvgIpc) is 3.62. The molecular weight excluding hydrogens is 777 g/mol. The van der Waals surface area contributed by atoms with Crippen LogP contribution < -0.4 is 15.8 Å². The molecule has 3 aromatic carbocycles. The van der Waals surface area contributed by atoms with Crippen LogP contribution in [0.1, 0.15) is 28.5 Å². The fraction of sp³-hybridized carbons (Fsp3) is 0.243. The number of benzene rings is 3. The highest BCUT2D eigenvalue weighted by molar-refractivity contribution is 7.90. The normalized spacial score (nSPS) is 13.8. The van der Waals surface area contributed by atoms with E-state index in [2.05, 4.69) is 20.4 Å². The Morgan fingerprint density at radius 2 is 1.71 bits per heavy atom. The molecule has 0 saturated carbocycles. The second-order valence-corrected chi connectivity index (χ2v) is 15.5. The van der Waals surface area contributed by atoms with E-state index in [-0.39, 0.29) is 76.8 Å². The van der Waals surface area contributed by atoms with Crippen molar-refractivity contribution in [3.05, 3.63) is 105 Å². The number of pyridine rings is 1. The number of phenols is 1. The number of fused-ring (bicyclic) bond motifs is 2. The Balaban J connectivity index is 1.25. The predicted octanol–water partition coefficient (Wildman–Crippen LogP) is 5.05. The van der Waals surface area contributed by atoms with Gasteiger partial charge in [0.1, 0.15) is 23.5 Å². The number of nitrogens with zero attached hydrogens (tertiary/aromatic N) is 7. The zero-order valence-electron chi connectivity index (χ0n) is 29.7. The maximum Gasteiger partial charge on any atom is 0.416 e. The van der Waals surface area contributed by atoms with Crippen LogP contribution in [-0.2, 0) is 33.8 Å². The number of hydrogen-bond donors (Lipinski definition) is 2. The Hall–Kier alpha value is -6.01. The molecule has 7 rings (SSSR count). The molecule has 19 heteroatoms. The molecule has 0 radical (unpaired) electrons. The zero-order chi connectivity index (χ0) is 40.1. The summed E-state index contributed by atoms with van der Waals surface area (Å²) in [4.78, 5) is 54.0. The standard InChI is InChI=1S/C37H32ClF3N8O6S/c1-3-27-32(46-15-17-47(18-16-46)34(52)30-28(50)13-8-21-5-4-14-42-31(21)30)35(53)49-36(44-33(45-49)22-6-10-24(11-7-22)56(2,54)55)48(27)20-29(51)43-26-12-9-23(19-25(26)38)37(39,40)41/h4-14,19,50H,3,15-18,20H2,1-2H3,(H,43,51). The Kier molecular flexibility index (Phi) is 9.96. The van der Waals surface area contributed by atoms with Crippen molar-refractivity contribution in [3.63, 3.8) is 0 Å². The van der Waals surface area contributed by atoms with Crippen LogP contribution in [0, 0.1) is 0 Å². The SMILES string of the molecule is CCc1c(N2CCN(C(=O)c3c(O)ccc4cccnc34)CC2)c(=O)n2nc(-c3ccc(S(C)(=O)=O)cc3)nc2n1CC(=O)Nc1ccc(C(F)(F)F)cc1Cl. The number of aromatic hydroxyl groups is 1. The first-order valence-electron chi connectivity index (χ1n) is 17.2.